The maximum absolute atomic E-state index is 14.1. The number of amidine groups is 1. The number of nitrogens with one attached hydrogen (secondary N) is 1. The first-order valence-electron chi connectivity index (χ1n) is 18.7. The van der Waals surface area contributed by atoms with Crippen LogP contribution in [0.3, 0.4) is 0 Å². The highest BCUT2D eigenvalue weighted by molar-refractivity contribution is 5.95. The van der Waals surface area contributed by atoms with Crippen LogP contribution in [0, 0.1) is 45.3 Å². The summed E-state index contributed by atoms with van der Waals surface area (Å²) in [6.07, 6.45) is 6.84. The predicted molar refractivity (Wildman–Crippen MR) is 193 cm³/mol. The van der Waals surface area contributed by atoms with Crippen molar-refractivity contribution in [2.45, 2.75) is 125 Å². The molecule has 9 heteroatoms. The number of esters is 2. The number of carbonyl (C=O) groups is 2. The van der Waals surface area contributed by atoms with E-state index in [0.717, 1.165) is 36.8 Å². The molecule has 50 heavy (non-hydrogen) atoms. The van der Waals surface area contributed by atoms with Gasteiger partial charge in [0.2, 0.25) is 0 Å². The molecule has 0 aliphatic heterocycles. The number of hydrogen-bond acceptors (Lipinski definition) is 8. The Labute approximate surface area is 298 Å². The first-order valence-corrected chi connectivity index (χ1v) is 18.7. The van der Waals surface area contributed by atoms with Gasteiger partial charge in [0.1, 0.15) is 17.7 Å². The first-order chi connectivity index (χ1) is 23.5. The van der Waals surface area contributed by atoms with Crippen LogP contribution in [0.15, 0.2) is 47.1 Å². The Balaban J connectivity index is 1.43. The van der Waals surface area contributed by atoms with Gasteiger partial charge in [-0.15, -0.1) is 0 Å². The van der Waals surface area contributed by atoms with Crippen LogP contribution in [-0.4, -0.2) is 59.5 Å². The van der Waals surface area contributed by atoms with Crippen LogP contribution < -0.4 is 10.5 Å². The Bertz CT molecular complexity index is 1500. The van der Waals surface area contributed by atoms with E-state index < -0.39 is 18.2 Å². The molecule has 5 N–H and O–H groups in total. The normalized spacial score (nSPS) is 37.0. The summed E-state index contributed by atoms with van der Waals surface area (Å²) in [4.78, 5) is 26.7. The van der Waals surface area contributed by atoms with E-state index in [1.807, 2.05) is 13.8 Å². The van der Waals surface area contributed by atoms with Crippen LogP contribution in [0.25, 0.3) is 0 Å². The van der Waals surface area contributed by atoms with Gasteiger partial charge in [0.15, 0.2) is 0 Å². The SMILES string of the molecule is CC(=O)O[C@H]1C[C@@]2(C)[C@@H](C[C@@H](O)[C@H]3[C@@]4(C)CC[C@@H](O)[C@@H](C)[C@@H]4CC[C@@]32C)/C1=C(\CCC=C(C)C)C(=O)OCCCOc1ccc(C(=N)N)cc1. The average Bonchev–Trinajstić information content (AvgIpc) is 3.32. The lowest BCUT2D eigenvalue weighted by Gasteiger charge is -2.69. The van der Waals surface area contributed by atoms with Gasteiger partial charge < -0.3 is 30.2 Å². The average molecular weight is 693 g/mol. The van der Waals surface area contributed by atoms with Gasteiger partial charge in [-0.3, -0.25) is 10.2 Å². The van der Waals surface area contributed by atoms with E-state index >= 15 is 0 Å². The van der Waals surface area contributed by atoms with Gasteiger partial charge in [0.25, 0.3) is 0 Å². The molecule has 0 unspecified atom stereocenters. The van der Waals surface area contributed by atoms with Crippen molar-refractivity contribution in [1.29, 1.82) is 5.41 Å². The maximum Gasteiger partial charge on any atom is 0.334 e. The molecule has 1 aromatic rings. The molecule has 0 heterocycles. The molecule has 9 nitrogen and oxygen atoms in total. The molecule has 0 amide bonds. The zero-order valence-corrected chi connectivity index (χ0v) is 31.2. The van der Waals surface area contributed by atoms with E-state index in [2.05, 4.69) is 33.8 Å². The van der Waals surface area contributed by atoms with Gasteiger partial charge in [-0.25, -0.2) is 4.79 Å². The smallest absolute Gasteiger partial charge is 0.334 e. The van der Waals surface area contributed by atoms with E-state index in [9.17, 15) is 19.8 Å². The minimum absolute atomic E-state index is 0.00518. The number of allylic oxidation sites excluding steroid dienone is 2. The van der Waals surface area contributed by atoms with Crippen molar-refractivity contribution in [2.24, 2.45) is 45.7 Å². The molecular formula is C41H60N2O7. The monoisotopic (exact) mass is 692 g/mol. The Morgan fingerprint density at radius 2 is 1.70 bits per heavy atom. The molecule has 1 aromatic carbocycles. The fourth-order valence-electron chi connectivity index (χ4n) is 11.0. The Hall–Kier alpha value is -3.17. The second-order valence-electron chi connectivity index (χ2n) is 16.6. The summed E-state index contributed by atoms with van der Waals surface area (Å²) >= 11 is 0. The van der Waals surface area contributed by atoms with E-state index in [1.54, 1.807) is 24.3 Å². The van der Waals surface area contributed by atoms with Crippen LogP contribution in [-0.2, 0) is 19.1 Å². The standard InChI is InChI=1S/C41H60N2O7/c1-24(2)10-8-11-29(38(47)49-21-9-20-48-28-14-12-27(13-15-28)37(42)43)35-31-22-33(46)36-39(5)18-17-32(45)25(3)30(39)16-19-40(36,6)41(31,7)23-34(35)50-26(4)44/h10,12-15,25,30-34,36,45-46H,8-9,11,16-23H2,1-7H3,(H3,42,43)/b35-29-/t25-,30-,31-,32+,33+,34-,36-,39-,40-,41-/m0/s1. The molecule has 0 saturated heterocycles. The number of benzene rings is 1. The minimum Gasteiger partial charge on any atom is -0.493 e. The third-order valence-corrected chi connectivity index (χ3v) is 13.5. The van der Waals surface area contributed by atoms with Crippen molar-refractivity contribution in [3.63, 3.8) is 0 Å². The number of rotatable bonds is 11. The zero-order chi connectivity index (χ0) is 36.6. The maximum atomic E-state index is 14.1. The zero-order valence-electron chi connectivity index (χ0n) is 31.2. The molecule has 0 spiro atoms. The van der Waals surface area contributed by atoms with Crippen molar-refractivity contribution in [3.05, 3.63) is 52.6 Å². The molecule has 4 saturated carbocycles. The van der Waals surface area contributed by atoms with Gasteiger partial charge in [0.05, 0.1) is 25.4 Å². The largest absolute Gasteiger partial charge is 0.493 e. The molecule has 4 aliphatic carbocycles. The highest BCUT2D eigenvalue weighted by Gasteiger charge is 2.70. The molecule has 0 radical (unpaired) electrons. The fraction of sp³-hybridized carbons (Fsp3) is 0.683. The predicted octanol–water partition coefficient (Wildman–Crippen LogP) is 6.88. The molecular weight excluding hydrogens is 632 g/mol. The number of aliphatic hydroxyl groups is 2. The molecule has 0 bridgehead atoms. The van der Waals surface area contributed by atoms with E-state index in [0.29, 0.717) is 61.5 Å². The summed E-state index contributed by atoms with van der Waals surface area (Å²) in [5, 5.41) is 30.6. The number of carbonyl (C=O) groups excluding carboxylic acids is 2. The van der Waals surface area contributed by atoms with Crippen LogP contribution >= 0.6 is 0 Å². The summed E-state index contributed by atoms with van der Waals surface area (Å²) in [7, 11) is 0. The summed E-state index contributed by atoms with van der Waals surface area (Å²) in [6.45, 7) is 15.2. The third-order valence-electron chi connectivity index (χ3n) is 13.5. The van der Waals surface area contributed by atoms with Gasteiger partial charge in [-0.05, 0) is 135 Å². The number of fused-ring (bicyclic) bond motifs is 5. The van der Waals surface area contributed by atoms with Crippen molar-refractivity contribution >= 4 is 17.8 Å². The number of hydrogen-bond donors (Lipinski definition) is 4. The summed E-state index contributed by atoms with van der Waals surface area (Å²) in [5.74, 6) is 0.248. The Kier molecular flexibility index (Phi) is 11.3. The highest BCUT2D eigenvalue weighted by atomic mass is 16.5. The molecule has 4 aliphatic rings. The van der Waals surface area contributed by atoms with Crippen molar-refractivity contribution < 1.29 is 34.0 Å². The molecule has 0 aromatic heterocycles. The van der Waals surface area contributed by atoms with Crippen molar-refractivity contribution in [1.82, 2.24) is 0 Å². The molecule has 276 valence electrons. The van der Waals surface area contributed by atoms with Crippen molar-refractivity contribution in [3.8, 4) is 5.75 Å². The summed E-state index contributed by atoms with van der Waals surface area (Å²) in [6, 6.07) is 6.98. The lowest BCUT2D eigenvalue weighted by atomic mass is 9.36. The van der Waals surface area contributed by atoms with Gasteiger partial charge in [-0.1, -0.05) is 39.3 Å². The van der Waals surface area contributed by atoms with Crippen LogP contribution in [0.5, 0.6) is 5.75 Å². The second kappa shape index (κ2) is 14.8. The quantitative estimate of drug-likeness (QED) is 0.0489. The van der Waals surface area contributed by atoms with E-state index in [4.69, 9.17) is 25.4 Å². The molecule has 10 atom stereocenters. The second-order valence-corrected chi connectivity index (χ2v) is 16.6. The first kappa shape index (κ1) is 38.1. The third kappa shape index (κ3) is 7.01. The summed E-state index contributed by atoms with van der Waals surface area (Å²) < 4.78 is 17.9. The fourth-order valence-corrected chi connectivity index (χ4v) is 11.0. The van der Waals surface area contributed by atoms with Gasteiger partial charge >= 0.3 is 11.9 Å². The Morgan fingerprint density at radius 3 is 2.34 bits per heavy atom. The topological polar surface area (TPSA) is 152 Å². The lowest BCUT2D eigenvalue weighted by molar-refractivity contribution is -0.234. The van der Waals surface area contributed by atoms with Gasteiger partial charge in [0, 0.05) is 24.5 Å². The molecule has 4 fully saturated rings. The highest BCUT2D eigenvalue weighted by Crippen LogP contribution is 2.74. The van der Waals surface area contributed by atoms with Gasteiger partial charge in [-0.2, -0.15) is 0 Å². The van der Waals surface area contributed by atoms with Crippen molar-refractivity contribution in [2.75, 3.05) is 13.2 Å². The number of ether oxygens (including phenoxy) is 3. The number of nitrogen functional groups attached to an aromatic ring is 1. The van der Waals surface area contributed by atoms with E-state index in [-0.39, 0.29) is 58.5 Å². The van der Waals surface area contributed by atoms with Crippen LogP contribution in [0.4, 0.5) is 0 Å². The minimum atomic E-state index is -0.587. The van der Waals surface area contributed by atoms with Crippen LogP contribution in [0.2, 0.25) is 0 Å². The van der Waals surface area contributed by atoms with E-state index in [1.165, 1.54) is 6.92 Å². The number of nitrogens with two attached hydrogens (primary N) is 1. The number of aliphatic hydroxyl groups excluding tert-OH is 2. The summed E-state index contributed by atoms with van der Waals surface area (Å²) in [5.41, 5.74) is 8.00. The lowest BCUT2D eigenvalue weighted by Crippen LogP contribution is -2.65. The van der Waals surface area contributed by atoms with Crippen LogP contribution in [0.1, 0.15) is 112 Å². The Morgan fingerprint density at radius 1 is 1.00 bits per heavy atom. The molecule has 5 rings (SSSR count).